The summed E-state index contributed by atoms with van der Waals surface area (Å²) < 4.78 is 0. The molecule has 2 N–H and O–H groups in total. The smallest absolute Gasteiger partial charge is 0.124 e. The predicted octanol–water partition coefficient (Wildman–Crippen LogP) is 3.04. The highest BCUT2D eigenvalue weighted by Crippen LogP contribution is 2.27. The minimum atomic E-state index is 0.307. The molecule has 0 aromatic carbocycles. The fourth-order valence-corrected chi connectivity index (χ4v) is 4.09. The Hall–Kier alpha value is -0.750. The predicted molar refractivity (Wildman–Crippen MR) is 82.5 cm³/mol. The van der Waals surface area contributed by atoms with E-state index in [0.29, 0.717) is 12.0 Å². The molecule has 2 atom stereocenters. The molecule has 0 bridgehead atoms. The maximum absolute atomic E-state index is 5.98. The maximum Gasteiger partial charge on any atom is 0.124 e. The van der Waals surface area contributed by atoms with Gasteiger partial charge in [0.25, 0.3) is 0 Å². The summed E-state index contributed by atoms with van der Waals surface area (Å²) in [7, 11) is 0. The zero-order valence-corrected chi connectivity index (χ0v) is 12.7. The van der Waals surface area contributed by atoms with Crippen LogP contribution in [0.2, 0.25) is 0 Å². The van der Waals surface area contributed by atoms with E-state index in [0.717, 1.165) is 24.6 Å². The van der Waals surface area contributed by atoms with Gasteiger partial charge in [-0.25, -0.2) is 4.98 Å². The second-order valence-corrected chi connectivity index (χ2v) is 6.94. The summed E-state index contributed by atoms with van der Waals surface area (Å²) in [6.45, 7) is 5.34. The Kier molecular flexibility index (Phi) is 3.98. The van der Waals surface area contributed by atoms with Crippen LogP contribution in [-0.4, -0.2) is 29.0 Å². The SMILES string of the molecule is CC(N)C1CCN(Cc2csc(-c3ccsc3)n2)C1. The highest BCUT2D eigenvalue weighted by molar-refractivity contribution is 7.14. The average molecular weight is 293 g/mol. The molecule has 0 aliphatic carbocycles. The molecule has 2 unspecified atom stereocenters. The van der Waals surface area contributed by atoms with Crippen molar-refractivity contribution in [2.75, 3.05) is 13.1 Å². The van der Waals surface area contributed by atoms with Crippen molar-refractivity contribution < 1.29 is 0 Å². The van der Waals surface area contributed by atoms with Gasteiger partial charge in [0.2, 0.25) is 0 Å². The number of hydrogen-bond donors (Lipinski definition) is 1. The third-order valence-corrected chi connectivity index (χ3v) is 5.38. The van der Waals surface area contributed by atoms with Crippen LogP contribution in [0.3, 0.4) is 0 Å². The summed E-state index contributed by atoms with van der Waals surface area (Å²) in [4.78, 5) is 7.21. The minimum absolute atomic E-state index is 0.307. The molecule has 0 saturated carbocycles. The van der Waals surface area contributed by atoms with E-state index in [9.17, 15) is 0 Å². The Balaban J connectivity index is 1.62. The lowest BCUT2D eigenvalue weighted by Gasteiger charge is -2.16. The number of nitrogens with two attached hydrogens (primary N) is 1. The van der Waals surface area contributed by atoms with Crippen molar-refractivity contribution >= 4 is 22.7 Å². The van der Waals surface area contributed by atoms with Crippen molar-refractivity contribution in [3.8, 4) is 10.6 Å². The molecule has 0 spiro atoms. The van der Waals surface area contributed by atoms with E-state index in [1.54, 1.807) is 22.7 Å². The van der Waals surface area contributed by atoms with Crippen molar-refractivity contribution in [2.45, 2.75) is 25.9 Å². The van der Waals surface area contributed by atoms with E-state index in [2.05, 4.69) is 34.0 Å². The maximum atomic E-state index is 5.98. The first-order valence-corrected chi connectivity index (χ1v) is 8.49. The molecule has 3 heterocycles. The number of aromatic nitrogens is 1. The van der Waals surface area contributed by atoms with Crippen LogP contribution in [0.1, 0.15) is 19.0 Å². The molecule has 0 radical (unpaired) electrons. The van der Waals surface area contributed by atoms with Crippen LogP contribution in [0.4, 0.5) is 0 Å². The van der Waals surface area contributed by atoms with Crippen LogP contribution >= 0.6 is 22.7 Å². The van der Waals surface area contributed by atoms with Crippen LogP contribution < -0.4 is 5.73 Å². The number of nitrogens with zero attached hydrogens (tertiary/aromatic N) is 2. The van der Waals surface area contributed by atoms with Gasteiger partial charge in [0.1, 0.15) is 5.01 Å². The standard InChI is InChI=1S/C14H19N3S2/c1-10(15)11-2-4-17(6-11)7-13-9-19-14(16-13)12-3-5-18-8-12/h3,5,8-11H,2,4,6-7,15H2,1H3. The molecule has 19 heavy (non-hydrogen) atoms. The van der Waals surface area contributed by atoms with Gasteiger partial charge in [-0.3, -0.25) is 4.90 Å². The normalized spacial score (nSPS) is 21.9. The van der Waals surface area contributed by atoms with E-state index in [-0.39, 0.29) is 0 Å². The lowest BCUT2D eigenvalue weighted by Crippen LogP contribution is -2.29. The van der Waals surface area contributed by atoms with Crippen LogP contribution in [-0.2, 0) is 6.54 Å². The Bertz CT molecular complexity index is 519. The zero-order valence-electron chi connectivity index (χ0n) is 11.1. The van der Waals surface area contributed by atoms with Gasteiger partial charge in [-0.1, -0.05) is 0 Å². The van der Waals surface area contributed by atoms with Crippen molar-refractivity contribution in [2.24, 2.45) is 11.7 Å². The number of rotatable bonds is 4. The first kappa shape index (κ1) is 13.2. The number of thiazole rings is 1. The lowest BCUT2D eigenvalue weighted by molar-refractivity contribution is 0.305. The van der Waals surface area contributed by atoms with Gasteiger partial charge in [0.05, 0.1) is 5.69 Å². The molecular formula is C14H19N3S2. The Morgan fingerprint density at radius 1 is 1.53 bits per heavy atom. The van der Waals surface area contributed by atoms with Crippen LogP contribution in [0, 0.1) is 5.92 Å². The Morgan fingerprint density at radius 3 is 3.11 bits per heavy atom. The van der Waals surface area contributed by atoms with E-state index < -0.39 is 0 Å². The summed E-state index contributed by atoms with van der Waals surface area (Å²) in [5, 5.41) is 7.58. The van der Waals surface area contributed by atoms with E-state index in [1.807, 2.05) is 0 Å². The van der Waals surface area contributed by atoms with E-state index in [1.165, 1.54) is 17.7 Å². The molecule has 1 saturated heterocycles. The molecule has 2 aromatic heterocycles. The van der Waals surface area contributed by atoms with Gasteiger partial charge in [-0.2, -0.15) is 11.3 Å². The van der Waals surface area contributed by atoms with Crippen molar-refractivity contribution in [3.63, 3.8) is 0 Å². The van der Waals surface area contributed by atoms with E-state index >= 15 is 0 Å². The molecular weight excluding hydrogens is 274 g/mol. The average Bonchev–Trinajstić information content (AvgIpc) is 3.09. The van der Waals surface area contributed by atoms with Crippen LogP contribution in [0.15, 0.2) is 22.2 Å². The van der Waals surface area contributed by atoms with E-state index in [4.69, 9.17) is 10.7 Å². The Morgan fingerprint density at radius 2 is 2.42 bits per heavy atom. The first-order valence-electron chi connectivity index (χ1n) is 6.67. The largest absolute Gasteiger partial charge is 0.328 e. The number of hydrogen-bond acceptors (Lipinski definition) is 5. The fraction of sp³-hybridized carbons (Fsp3) is 0.500. The molecule has 1 fully saturated rings. The zero-order chi connectivity index (χ0) is 13.2. The van der Waals surface area contributed by atoms with Gasteiger partial charge >= 0.3 is 0 Å². The van der Waals surface area contributed by atoms with Crippen molar-refractivity contribution in [1.29, 1.82) is 0 Å². The first-order chi connectivity index (χ1) is 9.22. The summed E-state index contributed by atoms with van der Waals surface area (Å²) in [6, 6.07) is 2.44. The molecule has 102 valence electrons. The van der Waals surface area contributed by atoms with Gasteiger partial charge in [-0.15, -0.1) is 11.3 Å². The molecule has 3 nitrogen and oxygen atoms in total. The van der Waals surface area contributed by atoms with Gasteiger partial charge in [0, 0.05) is 35.5 Å². The second kappa shape index (κ2) is 5.71. The van der Waals surface area contributed by atoms with Gasteiger partial charge < -0.3 is 5.73 Å². The third kappa shape index (κ3) is 3.05. The molecule has 2 aromatic rings. The second-order valence-electron chi connectivity index (χ2n) is 5.30. The van der Waals surface area contributed by atoms with Crippen LogP contribution in [0.5, 0.6) is 0 Å². The van der Waals surface area contributed by atoms with Crippen molar-refractivity contribution in [3.05, 3.63) is 27.9 Å². The Labute approximate surface area is 122 Å². The summed E-state index contributed by atoms with van der Waals surface area (Å²) in [6.07, 6.45) is 1.22. The molecule has 0 amide bonds. The number of thiophene rings is 1. The topological polar surface area (TPSA) is 42.1 Å². The van der Waals surface area contributed by atoms with Gasteiger partial charge in [-0.05, 0) is 37.3 Å². The van der Waals surface area contributed by atoms with Crippen molar-refractivity contribution in [1.82, 2.24) is 9.88 Å². The third-order valence-electron chi connectivity index (χ3n) is 3.76. The summed E-state index contributed by atoms with van der Waals surface area (Å²) in [5.74, 6) is 0.648. The highest BCUT2D eigenvalue weighted by atomic mass is 32.1. The minimum Gasteiger partial charge on any atom is -0.328 e. The fourth-order valence-electron chi connectivity index (χ4n) is 2.56. The lowest BCUT2D eigenvalue weighted by atomic mass is 10.0. The van der Waals surface area contributed by atoms with Gasteiger partial charge in [0.15, 0.2) is 0 Å². The summed E-state index contributed by atoms with van der Waals surface area (Å²) in [5.41, 5.74) is 8.42. The number of likely N-dealkylation sites (tertiary alicyclic amines) is 1. The monoisotopic (exact) mass is 293 g/mol. The summed E-state index contributed by atoms with van der Waals surface area (Å²) >= 11 is 3.46. The quantitative estimate of drug-likeness (QED) is 0.942. The van der Waals surface area contributed by atoms with Crippen LogP contribution in [0.25, 0.3) is 10.6 Å². The highest BCUT2D eigenvalue weighted by Gasteiger charge is 2.25. The molecule has 5 heteroatoms. The molecule has 3 rings (SSSR count). The molecule has 1 aliphatic rings. The molecule has 1 aliphatic heterocycles.